The van der Waals surface area contributed by atoms with E-state index in [1.54, 1.807) is 17.2 Å². The summed E-state index contributed by atoms with van der Waals surface area (Å²) >= 11 is 8.78. The maximum absolute atomic E-state index is 12.8. The number of ether oxygens (including phenoxy) is 1. The highest BCUT2D eigenvalue weighted by atomic mass is 79.9. The Morgan fingerprint density at radius 1 is 1.24 bits per heavy atom. The van der Waals surface area contributed by atoms with Gasteiger partial charge in [0.2, 0.25) is 0 Å². The van der Waals surface area contributed by atoms with Gasteiger partial charge < -0.3 is 15.0 Å². The second-order valence-corrected chi connectivity index (χ2v) is 6.23. The average molecular weight is 427 g/mol. The van der Waals surface area contributed by atoms with Crippen LogP contribution in [-0.4, -0.2) is 42.6 Å². The maximum atomic E-state index is 12.8. The van der Waals surface area contributed by atoms with Crippen LogP contribution in [0.25, 0.3) is 0 Å². The van der Waals surface area contributed by atoms with Crippen LogP contribution in [0.1, 0.15) is 10.4 Å². The Morgan fingerprint density at radius 2 is 2.00 bits per heavy atom. The minimum atomic E-state index is -0.565. The molecule has 2 amide bonds. The molecule has 0 saturated heterocycles. The molecule has 1 aromatic carbocycles. The molecule has 6 nitrogen and oxygen atoms in total. The number of amides is 2. The van der Waals surface area contributed by atoms with Crippen LogP contribution in [-0.2, 0) is 4.74 Å². The second-order valence-electron chi connectivity index (χ2n) is 4.94. The van der Waals surface area contributed by atoms with Gasteiger partial charge in [-0.25, -0.2) is 4.79 Å². The van der Waals surface area contributed by atoms with E-state index in [-0.39, 0.29) is 31.5 Å². The van der Waals surface area contributed by atoms with Crippen molar-refractivity contribution >= 4 is 45.2 Å². The topological polar surface area (TPSA) is 71.5 Å². The molecule has 0 bridgehead atoms. The fourth-order valence-electron chi connectivity index (χ4n) is 2.09. The summed E-state index contributed by atoms with van der Waals surface area (Å²) in [5.74, 6) is 0.0220. The Labute approximate surface area is 159 Å². The zero-order chi connectivity index (χ0) is 18.1. The molecule has 0 fully saturated rings. The molecule has 0 aliphatic heterocycles. The summed E-state index contributed by atoms with van der Waals surface area (Å²) in [6.45, 7) is 0.660. The van der Waals surface area contributed by atoms with Crippen molar-refractivity contribution < 1.29 is 14.3 Å². The first-order valence-corrected chi connectivity index (χ1v) is 8.88. The molecule has 2 aromatic rings. The normalized spacial score (nSPS) is 10.2. The molecular weight excluding hydrogens is 410 g/mol. The summed E-state index contributed by atoms with van der Waals surface area (Å²) in [7, 11) is 0. The Kier molecular flexibility index (Phi) is 7.69. The summed E-state index contributed by atoms with van der Waals surface area (Å²) in [6.07, 6.45) is 2.55. The van der Waals surface area contributed by atoms with Crippen molar-refractivity contribution in [3.63, 3.8) is 0 Å². The number of nitrogens with zero attached hydrogens (tertiary/aromatic N) is 2. The molecule has 25 heavy (non-hydrogen) atoms. The van der Waals surface area contributed by atoms with Crippen LogP contribution >= 0.6 is 27.5 Å². The van der Waals surface area contributed by atoms with E-state index in [0.29, 0.717) is 10.0 Å². The fourth-order valence-corrected chi connectivity index (χ4v) is 2.53. The molecule has 0 aliphatic carbocycles. The van der Waals surface area contributed by atoms with E-state index in [1.165, 1.54) is 6.20 Å². The van der Waals surface area contributed by atoms with Gasteiger partial charge in [-0.1, -0.05) is 18.2 Å². The van der Waals surface area contributed by atoms with Crippen molar-refractivity contribution in [1.82, 2.24) is 10.3 Å². The van der Waals surface area contributed by atoms with Crippen molar-refractivity contribution in [3.8, 4) is 0 Å². The van der Waals surface area contributed by atoms with Gasteiger partial charge in [-0.3, -0.25) is 9.78 Å². The van der Waals surface area contributed by atoms with Crippen LogP contribution in [0.2, 0.25) is 0 Å². The van der Waals surface area contributed by atoms with E-state index in [2.05, 4.69) is 26.2 Å². The lowest BCUT2D eigenvalue weighted by atomic mass is 10.2. The molecule has 0 radical (unpaired) electrons. The largest absolute Gasteiger partial charge is 0.448 e. The predicted octanol–water partition coefficient (Wildman–Crippen LogP) is 3.46. The molecule has 1 heterocycles. The molecular formula is C17H17BrClN3O3. The van der Waals surface area contributed by atoms with Crippen molar-refractivity contribution in [2.45, 2.75) is 0 Å². The molecule has 0 saturated carbocycles. The molecule has 1 aromatic heterocycles. The number of hydrogen-bond acceptors (Lipinski definition) is 4. The first kappa shape index (κ1) is 19.2. The lowest BCUT2D eigenvalue weighted by Gasteiger charge is -2.23. The third kappa shape index (κ3) is 6.03. The smallest absolute Gasteiger partial charge is 0.407 e. The summed E-state index contributed by atoms with van der Waals surface area (Å²) < 4.78 is 5.55. The SMILES string of the molecule is O=C(NCCN(C(=O)c1cncc(Br)c1)c1ccccc1)OCCCl. The molecule has 1 N–H and O–H groups in total. The van der Waals surface area contributed by atoms with Gasteiger partial charge in [-0.05, 0) is 34.1 Å². The van der Waals surface area contributed by atoms with Crippen molar-refractivity contribution in [2.75, 3.05) is 30.5 Å². The highest BCUT2D eigenvalue weighted by Gasteiger charge is 2.18. The van der Waals surface area contributed by atoms with Crippen LogP contribution in [0.3, 0.4) is 0 Å². The van der Waals surface area contributed by atoms with E-state index in [1.807, 2.05) is 30.3 Å². The number of benzene rings is 1. The minimum Gasteiger partial charge on any atom is -0.448 e. The molecule has 2 rings (SSSR count). The van der Waals surface area contributed by atoms with Gasteiger partial charge in [0.1, 0.15) is 6.61 Å². The zero-order valence-electron chi connectivity index (χ0n) is 13.3. The highest BCUT2D eigenvalue weighted by molar-refractivity contribution is 9.10. The van der Waals surface area contributed by atoms with Gasteiger partial charge in [0, 0.05) is 35.6 Å². The average Bonchev–Trinajstić information content (AvgIpc) is 2.63. The predicted molar refractivity (Wildman–Crippen MR) is 100 cm³/mol. The molecule has 0 spiro atoms. The lowest BCUT2D eigenvalue weighted by Crippen LogP contribution is -2.39. The number of halogens is 2. The van der Waals surface area contributed by atoms with Gasteiger partial charge in [0.15, 0.2) is 0 Å². The molecule has 0 atom stereocenters. The van der Waals surface area contributed by atoms with E-state index in [0.717, 1.165) is 5.69 Å². The number of carbonyl (C=O) groups is 2. The Morgan fingerprint density at radius 3 is 2.68 bits per heavy atom. The third-order valence-electron chi connectivity index (χ3n) is 3.18. The number of anilines is 1. The number of pyridine rings is 1. The molecule has 132 valence electrons. The van der Waals surface area contributed by atoms with E-state index >= 15 is 0 Å². The monoisotopic (exact) mass is 425 g/mol. The van der Waals surface area contributed by atoms with E-state index < -0.39 is 6.09 Å². The van der Waals surface area contributed by atoms with Gasteiger partial charge in [-0.2, -0.15) is 0 Å². The van der Waals surface area contributed by atoms with Gasteiger partial charge in [0.25, 0.3) is 5.91 Å². The highest BCUT2D eigenvalue weighted by Crippen LogP contribution is 2.18. The Hall–Kier alpha value is -2.12. The quantitative estimate of drug-likeness (QED) is 0.688. The van der Waals surface area contributed by atoms with Crippen LogP contribution in [0.4, 0.5) is 10.5 Å². The van der Waals surface area contributed by atoms with Gasteiger partial charge in [-0.15, -0.1) is 11.6 Å². The molecule has 0 unspecified atom stereocenters. The summed E-state index contributed by atoms with van der Waals surface area (Å²) in [5.41, 5.74) is 1.17. The molecule has 8 heteroatoms. The number of rotatable bonds is 7. The first-order chi connectivity index (χ1) is 12.1. The van der Waals surface area contributed by atoms with E-state index in [9.17, 15) is 9.59 Å². The second kappa shape index (κ2) is 10.0. The third-order valence-corrected chi connectivity index (χ3v) is 3.77. The van der Waals surface area contributed by atoms with Gasteiger partial charge >= 0.3 is 6.09 Å². The van der Waals surface area contributed by atoms with Crippen LogP contribution in [0.15, 0.2) is 53.3 Å². The summed E-state index contributed by atoms with van der Waals surface area (Å²) in [4.78, 5) is 29.9. The lowest BCUT2D eigenvalue weighted by molar-refractivity contribution is 0.0985. The van der Waals surface area contributed by atoms with E-state index in [4.69, 9.17) is 16.3 Å². The summed E-state index contributed by atoms with van der Waals surface area (Å²) in [5, 5.41) is 2.60. The fraction of sp³-hybridized carbons (Fsp3) is 0.235. The van der Waals surface area contributed by atoms with Crippen molar-refractivity contribution in [2.24, 2.45) is 0 Å². The first-order valence-electron chi connectivity index (χ1n) is 7.56. The van der Waals surface area contributed by atoms with Crippen molar-refractivity contribution in [1.29, 1.82) is 0 Å². The molecule has 0 aliphatic rings. The number of alkyl carbamates (subject to hydrolysis) is 1. The van der Waals surface area contributed by atoms with Crippen LogP contribution in [0, 0.1) is 0 Å². The number of nitrogens with one attached hydrogen (secondary N) is 1. The minimum absolute atomic E-state index is 0.137. The standard InChI is InChI=1S/C17H17BrClN3O3/c18-14-10-13(11-20-12-14)16(23)22(15-4-2-1-3-5-15)8-7-21-17(24)25-9-6-19/h1-5,10-12H,6-9H2,(H,21,24). The van der Waals surface area contributed by atoms with Crippen LogP contribution in [0.5, 0.6) is 0 Å². The number of alkyl halides is 1. The Bertz CT molecular complexity index is 715. The van der Waals surface area contributed by atoms with Crippen molar-refractivity contribution in [3.05, 3.63) is 58.8 Å². The number of hydrogen-bond donors (Lipinski definition) is 1. The maximum Gasteiger partial charge on any atom is 0.407 e. The van der Waals surface area contributed by atoms with Crippen LogP contribution < -0.4 is 10.2 Å². The number of para-hydroxylation sites is 1. The zero-order valence-corrected chi connectivity index (χ0v) is 15.7. The Balaban J connectivity index is 2.09. The number of aromatic nitrogens is 1. The number of carbonyl (C=O) groups excluding carboxylic acids is 2. The summed E-state index contributed by atoms with van der Waals surface area (Å²) in [6, 6.07) is 10.9. The van der Waals surface area contributed by atoms with Gasteiger partial charge in [0.05, 0.1) is 11.4 Å².